The molecule has 0 aliphatic heterocycles. The van der Waals surface area contributed by atoms with E-state index in [-0.39, 0.29) is 0 Å². The van der Waals surface area contributed by atoms with Crippen molar-refractivity contribution in [3.05, 3.63) is 12.7 Å². The maximum absolute atomic E-state index is 10.5. The fourth-order valence-corrected chi connectivity index (χ4v) is 1.06. The van der Waals surface area contributed by atoms with Gasteiger partial charge in [-0.15, -0.1) is 6.58 Å². The number of aliphatic hydroxyl groups is 1. The van der Waals surface area contributed by atoms with Gasteiger partial charge in [0.1, 0.15) is 0 Å². The van der Waals surface area contributed by atoms with Crippen molar-refractivity contribution in [3.8, 4) is 0 Å². The highest BCUT2D eigenvalue weighted by Gasteiger charge is 2.20. The number of allylic oxidation sites excluding steroid dienone is 1. The van der Waals surface area contributed by atoms with Crippen LogP contribution in [0, 0.1) is 5.92 Å². The van der Waals surface area contributed by atoms with E-state index in [1.165, 1.54) is 6.92 Å². The number of carboxylic acids is 1. The van der Waals surface area contributed by atoms with E-state index in [1.54, 1.807) is 0 Å². The average Bonchev–Trinajstić information content (AvgIpc) is 2.10. The summed E-state index contributed by atoms with van der Waals surface area (Å²) < 4.78 is 0. The van der Waals surface area contributed by atoms with E-state index in [0.717, 1.165) is 19.3 Å². The van der Waals surface area contributed by atoms with Gasteiger partial charge >= 0.3 is 5.97 Å². The topological polar surface area (TPSA) is 57.5 Å². The lowest BCUT2D eigenvalue weighted by atomic mass is 9.99. The van der Waals surface area contributed by atoms with Gasteiger partial charge in [-0.25, -0.2) is 0 Å². The zero-order chi connectivity index (χ0) is 10.3. The first-order valence-electron chi connectivity index (χ1n) is 4.61. The molecule has 3 nitrogen and oxygen atoms in total. The fraction of sp³-hybridized carbons (Fsp3) is 0.700. The van der Waals surface area contributed by atoms with Crippen molar-refractivity contribution < 1.29 is 15.0 Å². The molecule has 0 rings (SSSR count). The largest absolute Gasteiger partial charge is 0.481 e. The predicted molar refractivity (Wildman–Crippen MR) is 51.5 cm³/mol. The molecular formula is C10H18O3. The lowest BCUT2D eigenvalue weighted by Crippen LogP contribution is -2.25. The molecule has 13 heavy (non-hydrogen) atoms. The number of unbranched alkanes of at least 4 members (excludes halogenated alkanes) is 2. The van der Waals surface area contributed by atoms with E-state index in [4.69, 9.17) is 5.11 Å². The van der Waals surface area contributed by atoms with Crippen LogP contribution in [0.5, 0.6) is 0 Å². The second-order valence-electron chi connectivity index (χ2n) is 3.27. The predicted octanol–water partition coefficient (Wildman–Crippen LogP) is 1.81. The van der Waals surface area contributed by atoms with Crippen molar-refractivity contribution in [1.82, 2.24) is 0 Å². The molecule has 0 bridgehead atoms. The molecule has 0 saturated carbocycles. The summed E-state index contributed by atoms with van der Waals surface area (Å²) in [6.45, 7) is 5.11. The zero-order valence-corrected chi connectivity index (χ0v) is 8.07. The van der Waals surface area contributed by atoms with Crippen molar-refractivity contribution in [2.45, 2.75) is 38.7 Å². The molecule has 0 fully saturated rings. The van der Waals surface area contributed by atoms with E-state index in [0.29, 0.717) is 6.42 Å². The second kappa shape index (κ2) is 6.66. The van der Waals surface area contributed by atoms with Crippen LogP contribution in [0.4, 0.5) is 0 Å². The smallest absolute Gasteiger partial charge is 0.308 e. The van der Waals surface area contributed by atoms with E-state index in [9.17, 15) is 9.90 Å². The molecule has 0 saturated heterocycles. The molecule has 0 spiro atoms. The van der Waals surface area contributed by atoms with Crippen LogP contribution in [0.3, 0.4) is 0 Å². The Kier molecular flexibility index (Phi) is 6.24. The van der Waals surface area contributed by atoms with E-state index >= 15 is 0 Å². The number of carbonyl (C=O) groups is 1. The zero-order valence-electron chi connectivity index (χ0n) is 8.07. The second-order valence-corrected chi connectivity index (χ2v) is 3.27. The van der Waals surface area contributed by atoms with Crippen LogP contribution < -0.4 is 0 Å². The fourth-order valence-electron chi connectivity index (χ4n) is 1.06. The molecule has 0 radical (unpaired) electrons. The molecule has 0 heterocycles. The van der Waals surface area contributed by atoms with Gasteiger partial charge in [-0.05, 0) is 26.2 Å². The molecule has 2 N–H and O–H groups in total. The summed E-state index contributed by atoms with van der Waals surface area (Å²) in [5, 5.41) is 18.0. The van der Waals surface area contributed by atoms with E-state index < -0.39 is 18.0 Å². The molecule has 0 aromatic carbocycles. The van der Waals surface area contributed by atoms with Gasteiger partial charge in [-0.1, -0.05) is 12.5 Å². The Morgan fingerprint density at radius 1 is 1.54 bits per heavy atom. The first-order chi connectivity index (χ1) is 6.09. The van der Waals surface area contributed by atoms with Crippen molar-refractivity contribution in [1.29, 1.82) is 0 Å². The van der Waals surface area contributed by atoms with Crippen LogP contribution >= 0.6 is 0 Å². The molecule has 76 valence electrons. The van der Waals surface area contributed by atoms with Crippen LogP contribution in [-0.4, -0.2) is 22.3 Å². The molecule has 0 aliphatic carbocycles. The first kappa shape index (κ1) is 12.2. The third-order valence-electron chi connectivity index (χ3n) is 2.12. The van der Waals surface area contributed by atoms with Gasteiger partial charge in [-0.3, -0.25) is 4.79 Å². The number of carboxylic acid groups (broad SMARTS) is 1. The van der Waals surface area contributed by atoms with Gasteiger partial charge in [0.05, 0.1) is 12.0 Å². The molecule has 0 aromatic rings. The SMILES string of the molecule is C=CCCCC[C@@H](O)[C@@H](C)C(=O)O. The average molecular weight is 186 g/mol. The molecule has 3 heteroatoms. The minimum atomic E-state index is -0.934. The summed E-state index contributed by atoms with van der Waals surface area (Å²) in [5.41, 5.74) is 0. The van der Waals surface area contributed by atoms with Gasteiger partial charge in [0.25, 0.3) is 0 Å². The number of hydrogen-bond acceptors (Lipinski definition) is 2. The Morgan fingerprint density at radius 3 is 2.62 bits per heavy atom. The highest BCUT2D eigenvalue weighted by Crippen LogP contribution is 2.11. The van der Waals surface area contributed by atoms with Crippen LogP contribution in [-0.2, 0) is 4.79 Å². The van der Waals surface area contributed by atoms with Gasteiger partial charge in [0.2, 0.25) is 0 Å². The highest BCUT2D eigenvalue weighted by atomic mass is 16.4. The van der Waals surface area contributed by atoms with Crippen LogP contribution in [0.2, 0.25) is 0 Å². The minimum Gasteiger partial charge on any atom is -0.481 e. The summed E-state index contributed by atoms with van der Waals surface area (Å²) in [7, 11) is 0. The minimum absolute atomic E-state index is 0.557. The summed E-state index contributed by atoms with van der Waals surface area (Å²) in [6, 6.07) is 0. The molecule has 0 aromatic heterocycles. The molecular weight excluding hydrogens is 168 g/mol. The third kappa shape index (κ3) is 5.42. The van der Waals surface area contributed by atoms with Crippen molar-refractivity contribution in [2.24, 2.45) is 5.92 Å². The lowest BCUT2D eigenvalue weighted by Gasteiger charge is -2.13. The van der Waals surface area contributed by atoms with Crippen molar-refractivity contribution in [3.63, 3.8) is 0 Å². The number of hydrogen-bond donors (Lipinski definition) is 2. The Bertz CT molecular complexity index is 166. The summed E-state index contributed by atoms with van der Waals surface area (Å²) in [6.07, 6.45) is 4.41. The van der Waals surface area contributed by atoms with Gasteiger partial charge in [-0.2, -0.15) is 0 Å². The summed E-state index contributed by atoms with van der Waals surface area (Å²) in [5.74, 6) is -1.60. The number of aliphatic carboxylic acids is 1. The molecule has 2 atom stereocenters. The maximum Gasteiger partial charge on any atom is 0.308 e. The number of aliphatic hydroxyl groups excluding tert-OH is 1. The monoisotopic (exact) mass is 186 g/mol. The van der Waals surface area contributed by atoms with Gasteiger partial charge in [0.15, 0.2) is 0 Å². The maximum atomic E-state index is 10.5. The van der Waals surface area contributed by atoms with Gasteiger partial charge < -0.3 is 10.2 Å². The third-order valence-corrected chi connectivity index (χ3v) is 2.12. The Hall–Kier alpha value is -0.830. The molecule has 0 aliphatic rings. The molecule has 0 amide bonds. The standard InChI is InChI=1S/C10H18O3/c1-3-4-5-6-7-9(11)8(2)10(12)13/h3,8-9,11H,1,4-7H2,2H3,(H,12,13)/t8-,9-/m1/s1. The lowest BCUT2D eigenvalue weighted by molar-refractivity contribution is -0.144. The van der Waals surface area contributed by atoms with Crippen molar-refractivity contribution in [2.75, 3.05) is 0 Å². The van der Waals surface area contributed by atoms with Crippen LogP contribution in [0.15, 0.2) is 12.7 Å². The summed E-state index contributed by atoms with van der Waals surface area (Å²) >= 11 is 0. The Morgan fingerprint density at radius 2 is 2.15 bits per heavy atom. The van der Waals surface area contributed by atoms with Crippen LogP contribution in [0.25, 0.3) is 0 Å². The Labute approximate surface area is 79.1 Å². The van der Waals surface area contributed by atoms with Crippen molar-refractivity contribution >= 4 is 5.97 Å². The summed E-state index contributed by atoms with van der Waals surface area (Å²) in [4.78, 5) is 10.5. The first-order valence-corrected chi connectivity index (χ1v) is 4.61. The van der Waals surface area contributed by atoms with Gasteiger partial charge in [0, 0.05) is 0 Å². The quantitative estimate of drug-likeness (QED) is 0.471. The van der Waals surface area contributed by atoms with Crippen LogP contribution in [0.1, 0.15) is 32.6 Å². The van der Waals surface area contributed by atoms with E-state index in [1.807, 2.05) is 6.08 Å². The van der Waals surface area contributed by atoms with E-state index in [2.05, 4.69) is 6.58 Å². The molecule has 0 unspecified atom stereocenters. The highest BCUT2D eigenvalue weighted by molar-refractivity contribution is 5.70. The number of rotatable bonds is 7. The normalized spacial score (nSPS) is 14.9. The Balaban J connectivity index is 3.55.